The van der Waals surface area contributed by atoms with Crippen molar-refractivity contribution in [3.63, 3.8) is 0 Å². The van der Waals surface area contributed by atoms with Gasteiger partial charge in [-0.1, -0.05) is 0 Å². The number of amides is 1. The van der Waals surface area contributed by atoms with Crippen LogP contribution in [0.5, 0.6) is 0 Å². The molecule has 3 N–H and O–H groups in total. The van der Waals surface area contributed by atoms with Gasteiger partial charge in [0, 0.05) is 6.26 Å². The monoisotopic (exact) mass is 225 g/mol. The zero-order valence-electron chi connectivity index (χ0n) is 7.43. The zero-order chi connectivity index (χ0) is 11.4. The topological polar surface area (TPSA) is 121 Å². The van der Waals surface area contributed by atoms with Gasteiger partial charge in [0.25, 0.3) is 0 Å². The molecule has 0 aromatic rings. The van der Waals surface area contributed by atoms with E-state index in [1.54, 1.807) is 0 Å². The van der Waals surface area contributed by atoms with Crippen LogP contribution in [0, 0.1) is 0 Å². The summed E-state index contributed by atoms with van der Waals surface area (Å²) in [6.07, 6.45) is 0.849. The second kappa shape index (κ2) is 4.91. The lowest BCUT2D eigenvalue weighted by Crippen LogP contribution is -2.45. The SMILES string of the molecule is CS(=O)(=O)CC(=O)N[C@@H](CO)C(=O)O. The van der Waals surface area contributed by atoms with Gasteiger partial charge in [-0.15, -0.1) is 0 Å². The first kappa shape index (κ1) is 12.8. The predicted molar refractivity (Wildman–Crippen MR) is 46.4 cm³/mol. The third-order valence-corrected chi connectivity index (χ3v) is 2.00. The summed E-state index contributed by atoms with van der Waals surface area (Å²) in [4.78, 5) is 21.2. The van der Waals surface area contributed by atoms with Crippen LogP contribution in [0.1, 0.15) is 0 Å². The number of carboxylic acids is 1. The lowest BCUT2D eigenvalue weighted by Gasteiger charge is -2.10. The number of carbonyl (C=O) groups is 2. The van der Waals surface area contributed by atoms with Crippen LogP contribution in [0.25, 0.3) is 0 Å². The molecule has 14 heavy (non-hydrogen) atoms. The highest BCUT2D eigenvalue weighted by molar-refractivity contribution is 7.91. The van der Waals surface area contributed by atoms with Crippen LogP contribution in [0.4, 0.5) is 0 Å². The van der Waals surface area contributed by atoms with Gasteiger partial charge >= 0.3 is 5.97 Å². The molecule has 0 radical (unpaired) electrons. The highest BCUT2D eigenvalue weighted by Gasteiger charge is 2.20. The van der Waals surface area contributed by atoms with Gasteiger partial charge in [0.05, 0.1) is 6.61 Å². The van der Waals surface area contributed by atoms with Crippen LogP contribution < -0.4 is 5.32 Å². The second-order valence-electron chi connectivity index (χ2n) is 2.71. The van der Waals surface area contributed by atoms with Gasteiger partial charge in [-0.2, -0.15) is 0 Å². The van der Waals surface area contributed by atoms with E-state index >= 15 is 0 Å². The molecule has 1 atom stereocenters. The number of sulfone groups is 1. The predicted octanol–water partition coefficient (Wildman–Crippen LogP) is -2.41. The molecule has 0 heterocycles. The van der Waals surface area contributed by atoms with Gasteiger partial charge < -0.3 is 15.5 Å². The van der Waals surface area contributed by atoms with Crippen molar-refractivity contribution in [1.82, 2.24) is 5.32 Å². The van der Waals surface area contributed by atoms with E-state index in [-0.39, 0.29) is 0 Å². The first-order valence-electron chi connectivity index (χ1n) is 3.57. The maximum Gasteiger partial charge on any atom is 0.328 e. The number of carboxylic acid groups (broad SMARTS) is 1. The zero-order valence-corrected chi connectivity index (χ0v) is 8.24. The summed E-state index contributed by atoms with van der Waals surface area (Å²) in [6, 6.07) is -1.47. The largest absolute Gasteiger partial charge is 0.480 e. The van der Waals surface area contributed by atoms with Crippen molar-refractivity contribution in [3.05, 3.63) is 0 Å². The van der Waals surface area contributed by atoms with Crippen molar-refractivity contribution < 1.29 is 28.2 Å². The molecule has 0 bridgehead atoms. The molecule has 0 saturated heterocycles. The Kier molecular flexibility index (Phi) is 4.51. The Balaban J connectivity index is 4.25. The minimum atomic E-state index is -3.49. The van der Waals surface area contributed by atoms with Crippen molar-refractivity contribution in [3.8, 4) is 0 Å². The Morgan fingerprint density at radius 3 is 2.21 bits per heavy atom. The third-order valence-electron chi connectivity index (χ3n) is 1.21. The lowest BCUT2D eigenvalue weighted by molar-refractivity contribution is -0.142. The van der Waals surface area contributed by atoms with E-state index in [4.69, 9.17) is 10.2 Å². The summed E-state index contributed by atoms with van der Waals surface area (Å²) in [5.41, 5.74) is 0. The van der Waals surface area contributed by atoms with E-state index in [0.29, 0.717) is 0 Å². The van der Waals surface area contributed by atoms with Crippen LogP contribution in [-0.2, 0) is 19.4 Å². The van der Waals surface area contributed by atoms with Crippen LogP contribution in [0.3, 0.4) is 0 Å². The lowest BCUT2D eigenvalue weighted by atomic mass is 10.3. The number of hydrogen-bond acceptors (Lipinski definition) is 5. The van der Waals surface area contributed by atoms with Crippen molar-refractivity contribution in [1.29, 1.82) is 0 Å². The second-order valence-corrected chi connectivity index (χ2v) is 4.85. The van der Waals surface area contributed by atoms with Crippen molar-refractivity contribution in [2.24, 2.45) is 0 Å². The number of rotatable bonds is 5. The highest BCUT2D eigenvalue weighted by Crippen LogP contribution is 1.86. The number of hydrogen-bond donors (Lipinski definition) is 3. The smallest absolute Gasteiger partial charge is 0.328 e. The van der Waals surface area contributed by atoms with E-state index in [1.165, 1.54) is 0 Å². The molecule has 0 aliphatic heterocycles. The fraction of sp³-hybridized carbons (Fsp3) is 0.667. The average molecular weight is 225 g/mol. The van der Waals surface area contributed by atoms with E-state index in [2.05, 4.69) is 0 Å². The summed E-state index contributed by atoms with van der Waals surface area (Å²) in [5, 5.41) is 18.7. The van der Waals surface area contributed by atoms with Gasteiger partial charge in [-0.3, -0.25) is 4.79 Å². The van der Waals surface area contributed by atoms with Crippen molar-refractivity contribution >= 4 is 21.7 Å². The Bertz CT molecular complexity index is 321. The molecule has 0 aliphatic carbocycles. The number of aliphatic carboxylic acids is 1. The van der Waals surface area contributed by atoms with E-state index in [0.717, 1.165) is 6.26 Å². The number of aliphatic hydroxyl groups excluding tert-OH is 1. The maximum atomic E-state index is 10.9. The summed E-state index contributed by atoms with van der Waals surface area (Å²) >= 11 is 0. The molecule has 8 heteroatoms. The van der Waals surface area contributed by atoms with Crippen LogP contribution in [0.15, 0.2) is 0 Å². The van der Waals surface area contributed by atoms with Gasteiger partial charge in [0.1, 0.15) is 11.8 Å². The van der Waals surface area contributed by atoms with Gasteiger partial charge in [0.15, 0.2) is 9.84 Å². The first-order chi connectivity index (χ1) is 6.26. The van der Waals surface area contributed by atoms with Gasteiger partial charge in [0.2, 0.25) is 5.91 Å². The normalized spacial score (nSPS) is 13.3. The molecular formula is C6H11NO6S. The first-order valence-corrected chi connectivity index (χ1v) is 5.63. The van der Waals surface area contributed by atoms with Crippen LogP contribution in [0.2, 0.25) is 0 Å². The third kappa shape index (κ3) is 5.49. The van der Waals surface area contributed by atoms with Crippen molar-refractivity contribution in [2.45, 2.75) is 6.04 Å². The van der Waals surface area contributed by atoms with E-state index in [9.17, 15) is 18.0 Å². The molecule has 0 aromatic carbocycles. The standard InChI is InChI=1S/C6H11NO6S/c1-14(12,13)3-5(9)7-4(2-8)6(10)11/h4,8H,2-3H2,1H3,(H,7,9)(H,10,11)/t4-/m0/s1. The minimum absolute atomic E-state index is 0.787. The average Bonchev–Trinajstić information content (AvgIpc) is 1.96. The van der Waals surface area contributed by atoms with E-state index in [1.807, 2.05) is 5.32 Å². The van der Waals surface area contributed by atoms with E-state index < -0.39 is 40.1 Å². The quantitative estimate of drug-likeness (QED) is 0.479. The number of aliphatic hydroxyl groups is 1. The number of nitrogens with one attached hydrogen (secondary N) is 1. The molecular weight excluding hydrogens is 214 g/mol. The molecule has 0 aliphatic rings. The fourth-order valence-corrected chi connectivity index (χ4v) is 1.22. The molecule has 0 rings (SSSR count). The molecule has 0 unspecified atom stereocenters. The molecule has 1 amide bonds. The summed E-state index contributed by atoms with van der Waals surface area (Å²) in [6.45, 7) is -0.787. The van der Waals surface area contributed by atoms with Crippen LogP contribution >= 0.6 is 0 Å². The maximum absolute atomic E-state index is 10.9. The summed E-state index contributed by atoms with van der Waals surface area (Å²) in [7, 11) is -3.49. The molecule has 0 spiro atoms. The van der Waals surface area contributed by atoms with Crippen LogP contribution in [-0.4, -0.2) is 55.2 Å². The van der Waals surface area contributed by atoms with Crippen molar-refractivity contribution in [2.75, 3.05) is 18.6 Å². The molecule has 0 aromatic heterocycles. The summed E-state index contributed by atoms with van der Waals surface area (Å²) < 4.78 is 21.2. The molecule has 82 valence electrons. The van der Waals surface area contributed by atoms with Gasteiger partial charge in [-0.25, -0.2) is 13.2 Å². The Labute approximate surface area is 80.7 Å². The molecule has 0 fully saturated rings. The highest BCUT2D eigenvalue weighted by atomic mass is 32.2. The molecule has 7 nitrogen and oxygen atoms in total. The Hall–Kier alpha value is -1.15. The fourth-order valence-electron chi connectivity index (χ4n) is 0.660. The molecule has 0 saturated carbocycles. The van der Waals surface area contributed by atoms with Gasteiger partial charge in [-0.05, 0) is 0 Å². The minimum Gasteiger partial charge on any atom is -0.480 e. The summed E-state index contributed by atoms with van der Waals surface area (Å²) in [5.74, 6) is -3.17. The number of carbonyl (C=O) groups excluding carboxylic acids is 1. The Morgan fingerprint density at radius 2 is 1.93 bits per heavy atom. The Morgan fingerprint density at radius 1 is 1.43 bits per heavy atom.